The van der Waals surface area contributed by atoms with Crippen molar-refractivity contribution < 1.29 is 28.8 Å². The van der Waals surface area contributed by atoms with Gasteiger partial charge in [-0.1, -0.05) is 17.7 Å². The summed E-state index contributed by atoms with van der Waals surface area (Å²) in [6.07, 6.45) is -0.156. The quantitative estimate of drug-likeness (QED) is 0.378. The van der Waals surface area contributed by atoms with Gasteiger partial charge in [-0.3, -0.25) is 40.1 Å². The molecular formula is C20H17ClN4O7. The number of nitro benzene ring substituents is 1. The molecule has 11 nitrogen and oxygen atoms in total. The van der Waals surface area contributed by atoms with E-state index in [4.69, 9.17) is 16.3 Å². The minimum Gasteiger partial charge on any atom is -0.455 e. The number of hydrogen-bond acceptors (Lipinski definition) is 7. The topological polar surface area (TPSA) is 148 Å². The zero-order chi connectivity index (χ0) is 23.3. The molecule has 1 heterocycles. The molecule has 1 fully saturated rings. The lowest BCUT2D eigenvalue weighted by Gasteiger charge is -2.16. The second-order valence-electron chi connectivity index (χ2n) is 6.80. The first-order valence-electron chi connectivity index (χ1n) is 9.31. The number of nitrogens with one attached hydrogen (secondary N) is 2. The number of ether oxygens (including phenoxy) is 1. The zero-order valence-electron chi connectivity index (χ0n) is 16.4. The number of carbonyl (C=O) groups is 4. The predicted octanol–water partition coefficient (Wildman–Crippen LogP) is 1.61. The van der Waals surface area contributed by atoms with Gasteiger partial charge in [0.15, 0.2) is 6.61 Å². The molecule has 12 heteroatoms. The number of esters is 1. The van der Waals surface area contributed by atoms with Crippen LogP contribution < -0.4 is 15.8 Å². The Bertz CT molecular complexity index is 1070. The molecule has 32 heavy (non-hydrogen) atoms. The Hall–Kier alpha value is -3.99. The number of nitrogens with zero attached hydrogens (tertiary/aromatic N) is 2. The first kappa shape index (κ1) is 22.7. The van der Waals surface area contributed by atoms with Crippen LogP contribution in [-0.2, 0) is 19.1 Å². The molecule has 1 saturated heterocycles. The Morgan fingerprint density at radius 3 is 2.56 bits per heavy atom. The summed E-state index contributed by atoms with van der Waals surface area (Å²) in [5.74, 6) is -3.37. The summed E-state index contributed by atoms with van der Waals surface area (Å²) in [5.41, 5.74) is 4.66. The van der Waals surface area contributed by atoms with Crippen molar-refractivity contribution in [2.24, 2.45) is 5.92 Å². The van der Waals surface area contributed by atoms with Crippen LogP contribution in [0.1, 0.15) is 16.8 Å². The number of nitro groups is 1. The molecule has 3 amide bonds. The normalized spacial score (nSPS) is 15.2. The van der Waals surface area contributed by atoms with E-state index in [2.05, 4.69) is 10.9 Å². The van der Waals surface area contributed by atoms with E-state index < -0.39 is 41.1 Å². The third kappa shape index (κ3) is 5.58. The Morgan fingerprint density at radius 2 is 1.88 bits per heavy atom. The van der Waals surface area contributed by atoms with Crippen molar-refractivity contribution in [3.8, 4) is 0 Å². The van der Waals surface area contributed by atoms with Gasteiger partial charge in [-0.15, -0.1) is 0 Å². The van der Waals surface area contributed by atoms with Crippen LogP contribution >= 0.6 is 11.6 Å². The van der Waals surface area contributed by atoms with Crippen LogP contribution in [0, 0.1) is 16.0 Å². The maximum Gasteiger partial charge on any atom is 0.311 e. The lowest BCUT2D eigenvalue weighted by atomic mass is 10.1. The number of hydrazine groups is 1. The number of anilines is 1. The molecule has 0 radical (unpaired) electrons. The largest absolute Gasteiger partial charge is 0.455 e. The smallest absolute Gasteiger partial charge is 0.311 e. The molecule has 3 rings (SSSR count). The third-order valence-corrected chi connectivity index (χ3v) is 4.83. The molecular weight excluding hydrogens is 444 g/mol. The third-order valence-electron chi connectivity index (χ3n) is 4.58. The number of hydrogen-bond donors (Lipinski definition) is 2. The highest BCUT2D eigenvalue weighted by Crippen LogP contribution is 2.28. The zero-order valence-corrected chi connectivity index (χ0v) is 17.2. The molecule has 2 N–H and O–H groups in total. The number of rotatable bonds is 6. The Morgan fingerprint density at radius 1 is 1.16 bits per heavy atom. The van der Waals surface area contributed by atoms with E-state index in [1.807, 2.05) is 0 Å². The van der Waals surface area contributed by atoms with Gasteiger partial charge in [-0.25, -0.2) is 0 Å². The Balaban J connectivity index is 1.47. The van der Waals surface area contributed by atoms with Gasteiger partial charge >= 0.3 is 5.97 Å². The SMILES string of the molecule is O=C(COC(=O)[C@H]1CC(=O)N(c2cccc([N+](=O)[O-])c2)C1)NNC(=O)c1ccc(Cl)cc1. The average molecular weight is 461 g/mol. The van der Waals surface area contributed by atoms with Crippen LogP contribution in [0.3, 0.4) is 0 Å². The molecule has 0 aromatic heterocycles. The van der Waals surface area contributed by atoms with Gasteiger partial charge < -0.3 is 9.64 Å². The van der Waals surface area contributed by atoms with E-state index in [0.717, 1.165) is 0 Å². The van der Waals surface area contributed by atoms with Crippen LogP contribution in [0.25, 0.3) is 0 Å². The van der Waals surface area contributed by atoms with E-state index in [1.165, 1.54) is 53.4 Å². The predicted molar refractivity (Wildman–Crippen MR) is 112 cm³/mol. The Labute approximate surface area is 186 Å². The first-order valence-corrected chi connectivity index (χ1v) is 9.68. The highest BCUT2D eigenvalue weighted by molar-refractivity contribution is 6.30. The monoisotopic (exact) mass is 460 g/mol. The molecule has 2 aromatic carbocycles. The maximum absolute atomic E-state index is 12.3. The van der Waals surface area contributed by atoms with Gasteiger partial charge in [-0.2, -0.15) is 0 Å². The molecule has 0 bridgehead atoms. The van der Waals surface area contributed by atoms with Crippen LogP contribution in [0.5, 0.6) is 0 Å². The van der Waals surface area contributed by atoms with E-state index in [-0.39, 0.29) is 24.2 Å². The Kier molecular flexibility index (Phi) is 7.00. The van der Waals surface area contributed by atoms with E-state index in [1.54, 1.807) is 0 Å². The summed E-state index contributed by atoms with van der Waals surface area (Å²) in [7, 11) is 0. The molecule has 0 saturated carbocycles. The van der Waals surface area contributed by atoms with E-state index in [0.29, 0.717) is 10.7 Å². The van der Waals surface area contributed by atoms with Crippen LogP contribution in [0.4, 0.5) is 11.4 Å². The van der Waals surface area contributed by atoms with Crippen molar-refractivity contribution in [2.45, 2.75) is 6.42 Å². The molecule has 0 aliphatic carbocycles. The fourth-order valence-electron chi connectivity index (χ4n) is 2.98. The highest BCUT2D eigenvalue weighted by Gasteiger charge is 2.36. The van der Waals surface area contributed by atoms with Crippen molar-refractivity contribution >= 4 is 46.7 Å². The second-order valence-corrected chi connectivity index (χ2v) is 7.24. The number of halogens is 1. The second kappa shape index (κ2) is 9.88. The lowest BCUT2D eigenvalue weighted by molar-refractivity contribution is -0.384. The standard InChI is InChI=1S/C20H17ClN4O7/c21-14-6-4-12(5-7-14)19(28)23-22-17(26)11-32-20(29)13-8-18(27)24(10-13)15-2-1-3-16(9-15)25(30)31/h1-7,9,13H,8,10-11H2,(H,22,26)(H,23,28)/t13-/m0/s1. The van der Waals surface area contributed by atoms with Gasteiger partial charge in [0, 0.05) is 35.7 Å². The molecule has 1 aliphatic rings. The summed E-state index contributed by atoms with van der Waals surface area (Å²) < 4.78 is 4.93. The summed E-state index contributed by atoms with van der Waals surface area (Å²) >= 11 is 5.74. The maximum atomic E-state index is 12.3. The summed E-state index contributed by atoms with van der Waals surface area (Å²) in [6.45, 7) is -0.699. The van der Waals surface area contributed by atoms with Crippen molar-refractivity contribution in [1.82, 2.24) is 10.9 Å². The molecule has 166 valence electrons. The number of non-ortho nitro benzene ring substituents is 1. The fraction of sp³-hybridized carbons (Fsp3) is 0.200. The van der Waals surface area contributed by atoms with Crippen molar-refractivity contribution in [1.29, 1.82) is 0 Å². The summed E-state index contributed by atoms with van der Waals surface area (Å²) in [4.78, 5) is 59.9. The fourth-order valence-corrected chi connectivity index (χ4v) is 3.11. The van der Waals surface area contributed by atoms with Crippen LogP contribution in [0.2, 0.25) is 5.02 Å². The minimum atomic E-state index is -0.835. The minimum absolute atomic E-state index is 0.0340. The number of benzene rings is 2. The van der Waals surface area contributed by atoms with Crippen LogP contribution in [0.15, 0.2) is 48.5 Å². The van der Waals surface area contributed by atoms with Gasteiger partial charge in [0.1, 0.15) is 0 Å². The van der Waals surface area contributed by atoms with Gasteiger partial charge in [0.2, 0.25) is 5.91 Å². The molecule has 0 unspecified atom stereocenters. The van der Waals surface area contributed by atoms with E-state index >= 15 is 0 Å². The average Bonchev–Trinajstić information content (AvgIpc) is 3.18. The molecule has 2 aromatic rings. The lowest BCUT2D eigenvalue weighted by Crippen LogP contribution is -2.43. The van der Waals surface area contributed by atoms with Gasteiger partial charge in [0.05, 0.1) is 16.5 Å². The van der Waals surface area contributed by atoms with Crippen molar-refractivity contribution in [3.05, 3.63) is 69.2 Å². The molecule has 0 spiro atoms. The molecule has 1 aliphatic heterocycles. The summed E-state index contributed by atoms with van der Waals surface area (Å²) in [5, 5.41) is 11.4. The van der Waals surface area contributed by atoms with E-state index in [9.17, 15) is 29.3 Å². The van der Waals surface area contributed by atoms with Crippen molar-refractivity contribution in [2.75, 3.05) is 18.1 Å². The first-order chi connectivity index (χ1) is 15.2. The number of carbonyl (C=O) groups excluding carboxylic acids is 4. The van der Waals surface area contributed by atoms with Crippen LogP contribution in [-0.4, -0.2) is 41.8 Å². The molecule has 1 atom stereocenters. The highest BCUT2D eigenvalue weighted by atomic mass is 35.5. The summed E-state index contributed by atoms with van der Waals surface area (Å²) in [6, 6.07) is 11.5. The van der Waals surface area contributed by atoms with Gasteiger partial charge in [0.25, 0.3) is 17.5 Å². The van der Waals surface area contributed by atoms with Crippen molar-refractivity contribution in [3.63, 3.8) is 0 Å². The number of amides is 3. The van der Waals surface area contributed by atoms with Gasteiger partial charge in [-0.05, 0) is 30.3 Å².